The van der Waals surface area contributed by atoms with Crippen molar-refractivity contribution in [3.05, 3.63) is 61.9 Å². The second kappa shape index (κ2) is 7.17. The summed E-state index contributed by atoms with van der Waals surface area (Å²) < 4.78 is 16.5. The fourth-order valence-corrected chi connectivity index (χ4v) is 4.94. The van der Waals surface area contributed by atoms with Crippen LogP contribution in [0.2, 0.25) is 0 Å². The largest absolute Gasteiger partial charge is 0.334 e. The molecular formula is C19H15FIN5O2S. The van der Waals surface area contributed by atoms with Crippen LogP contribution in [0.1, 0.15) is 39.8 Å². The molecule has 1 N–H and O–H groups in total. The van der Waals surface area contributed by atoms with Crippen molar-refractivity contribution in [3.63, 3.8) is 0 Å². The van der Waals surface area contributed by atoms with Gasteiger partial charge in [-0.1, -0.05) is 0 Å². The molecule has 2 aromatic heterocycles. The van der Waals surface area contributed by atoms with E-state index in [0.29, 0.717) is 25.5 Å². The number of anilines is 1. The van der Waals surface area contributed by atoms with E-state index in [9.17, 15) is 14.0 Å². The van der Waals surface area contributed by atoms with E-state index >= 15 is 0 Å². The Balaban J connectivity index is 1.55. The number of benzene rings is 1. The molecule has 3 aromatic rings. The van der Waals surface area contributed by atoms with Crippen molar-refractivity contribution in [2.45, 2.75) is 32.0 Å². The van der Waals surface area contributed by atoms with Gasteiger partial charge in [-0.3, -0.25) is 14.9 Å². The van der Waals surface area contributed by atoms with Gasteiger partial charge in [0.25, 0.3) is 11.8 Å². The highest BCUT2D eigenvalue weighted by molar-refractivity contribution is 14.1. The number of thiazole rings is 1. The Bertz CT molecular complexity index is 1130. The molecule has 148 valence electrons. The maximum Gasteiger partial charge on any atom is 0.255 e. The van der Waals surface area contributed by atoms with E-state index in [1.807, 2.05) is 27.2 Å². The molecule has 5 rings (SSSR count). The molecule has 0 radical (unpaired) electrons. The van der Waals surface area contributed by atoms with Crippen molar-refractivity contribution >= 4 is 50.9 Å². The normalized spacial score (nSPS) is 16.1. The van der Waals surface area contributed by atoms with Crippen LogP contribution >= 0.6 is 33.9 Å². The lowest BCUT2D eigenvalue weighted by Crippen LogP contribution is -2.38. The lowest BCUT2D eigenvalue weighted by Gasteiger charge is -2.26. The Hall–Kier alpha value is -2.34. The van der Waals surface area contributed by atoms with Crippen LogP contribution in [-0.4, -0.2) is 31.2 Å². The third-order valence-corrected chi connectivity index (χ3v) is 6.77. The minimum Gasteiger partial charge on any atom is -0.334 e. The van der Waals surface area contributed by atoms with Crippen LogP contribution < -0.4 is 5.32 Å². The summed E-state index contributed by atoms with van der Waals surface area (Å²) in [6, 6.07) is 2.01. The predicted molar refractivity (Wildman–Crippen MR) is 113 cm³/mol. The quantitative estimate of drug-likeness (QED) is 0.533. The third-order valence-electron chi connectivity index (χ3n) is 5.25. The fourth-order valence-electron chi connectivity index (χ4n) is 3.94. The maximum atomic E-state index is 14.1. The zero-order valence-electron chi connectivity index (χ0n) is 15.1. The maximum absolute atomic E-state index is 14.1. The molecule has 4 heterocycles. The molecule has 10 heteroatoms. The van der Waals surface area contributed by atoms with E-state index < -0.39 is 6.04 Å². The van der Waals surface area contributed by atoms with E-state index in [2.05, 4.69) is 15.3 Å². The van der Waals surface area contributed by atoms with Gasteiger partial charge in [0.2, 0.25) is 0 Å². The minimum atomic E-state index is -0.908. The molecular weight excluding hydrogens is 508 g/mol. The van der Waals surface area contributed by atoms with Crippen LogP contribution in [0.5, 0.6) is 0 Å². The number of aromatic nitrogens is 3. The number of rotatable bonds is 4. The van der Waals surface area contributed by atoms with E-state index in [1.54, 1.807) is 24.0 Å². The van der Waals surface area contributed by atoms with Crippen LogP contribution in [0.15, 0.2) is 30.0 Å². The summed E-state index contributed by atoms with van der Waals surface area (Å²) in [6.07, 6.45) is 5.10. The van der Waals surface area contributed by atoms with Crippen molar-refractivity contribution in [2.75, 3.05) is 5.32 Å². The first kappa shape index (κ1) is 18.7. The zero-order valence-corrected chi connectivity index (χ0v) is 18.0. The van der Waals surface area contributed by atoms with Gasteiger partial charge in [0.15, 0.2) is 11.2 Å². The summed E-state index contributed by atoms with van der Waals surface area (Å²) in [6.45, 7) is 1.00. The molecule has 29 heavy (non-hydrogen) atoms. The first-order valence-electron chi connectivity index (χ1n) is 9.06. The van der Waals surface area contributed by atoms with Gasteiger partial charge in [0, 0.05) is 39.5 Å². The zero-order chi connectivity index (χ0) is 20.1. The highest BCUT2D eigenvalue weighted by atomic mass is 127. The van der Waals surface area contributed by atoms with Crippen LogP contribution in [-0.2, 0) is 24.3 Å². The molecule has 2 amide bonds. The molecule has 0 bridgehead atoms. The number of halogens is 2. The topological polar surface area (TPSA) is 80.1 Å². The number of aryl methyl sites for hydroxylation is 1. The summed E-state index contributed by atoms with van der Waals surface area (Å²) in [5, 5.41) is 5.02. The highest BCUT2D eigenvalue weighted by Crippen LogP contribution is 2.36. The smallest absolute Gasteiger partial charge is 0.255 e. The van der Waals surface area contributed by atoms with Gasteiger partial charge < -0.3 is 9.47 Å². The Labute approximate surface area is 183 Å². The van der Waals surface area contributed by atoms with Gasteiger partial charge in [-0.25, -0.2) is 14.4 Å². The van der Waals surface area contributed by atoms with E-state index in [1.165, 1.54) is 22.3 Å². The van der Waals surface area contributed by atoms with Crippen LogP contribution in [0.4, 0.5) is 9.52 Å². The molecule has 0 aliphatic carbocycles. The van der Waals surface area contributed by atoms with Crippen molar-refractivity contribution in [2.24, 2.45) is 0 Å². The lowest BCUT2D eigenvalue weighted by molar-refractivity contribution is -0.121. The van der Waals surface area contributed by atoms with Gasteiger partial charge in [-0.2, -0.15) is 0 Å². The monoisotopic (exact) mass is 523 g/mol. The average Bonchev–Trinajstić information content (AvgIpc) is 3.45. The summed E-state index contributed by atoms with van der Waals surface area (Å²) in [4.78, 5) is 36.5. The number of amides is 2. The second-order valence-electron chi connectivity index (χ2n) is 6.96. The van der Waals surface area contributed by atoms with Crippen molar-refractivity contribution in [3.8, 4) is 0 Å². The molecule has 0 spiro atoms. The first-order valence-corrected chi connectivity index (χ1v) is 11.0. The number of carbonyl (C=O) groups is 2. The number of nitrogens with zero attached hydrogens (tertiary/aromatic N) is 4. The summed E-state index contributed by atoms with van der Waals surface area (Å²) >= 11 is 3.17. The number of nitrogens with one attached hydrogen (secondary N) is 1. The van der Waals surface area contributed by atoms with Gasteiger partial charge in [0.05, 0.1) is 12.0 Å². The van der Waals surface area contributed by atoms with Crippen LogP contribution in [0.3, 0.4) is 0 Å². The summed E-state index contributed by atoms with van der Waals surface area (Å²) in [7, 11) is 0. The van der Waals surface area contributed by atoms with Crippen LogP contribution in [0, 0.1) is 9.39 Å². The fraction of sp³-hybridized carbons (Fsp3) is 0.263. The SMILES string of the molecule is O=C(Nc1nccs1)C(c1ncn2c1CCC2)N1Cc2cc(F)c(I)cc2C1=O. The van der Waals surface area contributed by atoms with Crippen molar-refractivity contribution in [1.29, 1.82) is 0 Å². The van der Waals surface area contributed by atoms with Crippen molar-refractivity contribution < 1.29 is 14.0 Å². The number of hydrogen-bond donors (Lipinski definition) is 1. The summed E-state index contributed by atoms with van der Waals surface area (Å²) in [5.74, 6) is -1.03. The summed E-state index contributed by atoms with van der Waals surface area (Å²) in [5.41, 5.74) is 2.55. The number of carbonyl (C=O) groups excluding carboxylic acids is 2. The Kier molecular flexibility index (Phi) is 4.62. The number of imidazole rings is 1. The second-order valence-corrected chi connectivity index (χ2v) is 9.02. The molecule has 0 saturated carbocycles. The van der Waals surface area contributed by atoms with E-state index in [0.717, 1.165) is 25.1 Å². The standard InChI is InChI=1S/C19H15FIN5O2S/c20-12-6-10-8-26(18(28)11(10)7-13(12)21)16(17(27)24-19-22-3-5-29-19)15-14-2-1-4-25(14)9-23-15/h3,5-7,9,16H,1-2,4,8H2,(H,22,24,27). The molecule has 2 aliphatic heterocycles. The van der Waals surface area contributed by atoms with E-state index in [-0.39, 0.29) is 24.2 Å². The van der Waals surface area contributed by atoms with Gasteiger partial charge in [0.1, 0.15) is 5.82 Å². The number of hydrogen-bond acceptors (Lipinski definition) is 5. The molecule has 0 saturated heterocycles. The molecule has 1 atom stereocenters. The Morgan fingerprint density at radius 3 is 3.00 bits per heavy atom. The molecule has 1 unspecified atom stereocenters. The van der Waals surface area contributed by atoms with Gasteiger partial charge in [-0.15, -0.1) is 11.3 Å². The predicted octanol–water partition coefficient (Wildman–Crippen LogP) is 3.37. The molecule has 0 fully saturated rings. The highest BCUT2D eigenvalue weighted by Gasteiger charge is 2.41. The van der Waals surface area contributed by atoms with Crippen molar-refractivity contribution in [1.82, 2.24) is 19.4 Å². The molecule has 7 nitrogen and oxygen atoms in total. The first-order chi connectivity index (χ1) is 14.0. The lowest BCUT2D eigenvalue weighted by atomic mass is 10.1. The Morgan fingerprint density at radius 1 is 1.34 bits per heavy atom. The van der Waals surface area contributed by atoms with Gasteiger partial charge in [-0.05, 0) is 53.1 Å². The third kappa shape index (κ3) is 3.14. The minimum absolute atomic E-state index is 0.157. The van der Waals surface area contributed by atoms with Crippen LogP contribution in [0.25, 0.3) is 0 Å². The molecule has 2 aliphatic rings. The Morgan fingerprint density at radius 2 is 2.21 bits per heavy atom. The average molecular weight is 523 g/mol. The van der Waals surface area contributed by atoms with Gasteiger partial charge >= 0.3 is 0 Å². The van der Waals surface area contributed by atoms with E-state index in [4.69, 9.17) is 0 Å². The number of fused-ring (bicyclic) bond motifs is 2. The molecule has 1 aromatic carbocycles.